The molecule has 3 heteroatoms. The monoisotopic (exact) mass is 294 g/mol. The van der Waals surface area contributed by atoms with E-state index in [1.54, 1.807) is 14.2 Å². The summed E-state index contributed by atoms with van der Waals surface area (Å²) in [6, 6.07) is 17.7. The number of rotatable bonds is 4. The Balaban J connectivity index is 2.38. The van der Waals surface area contributed by atoms with Crippen LogP contribution >= 0.6 is 0 Å². The molecule has 0 amide bonds. The van der Waals surface area contributed by atoms with Gasteiger partial charge in [0, 0.05) is 16.3 Å². The summed E-state index contributed by atoms with van der Waals surface area (Å²) in [5.74, 6) is 1.58. The molecular formula is C19H18O3. The molecule has 0 aliphatic heterocycles. The van der Waals surface area contributed by atoms with E-state index in [1.165, 1.54) is 0 Å². The zero-order valence-electron chi connectivity index (χ0n) is 12.7. The Labute approximate surface area is 129 Å². The first-order valence-electron chi connectivity index (χ1n) is 7.13. The first kappa shape index (κ1) is 14.4. The molecule has 3 nitrogen and oxygen atoms in total. The lowest BCUT2D eigenvalue weighted by Gasteiger charge is -2.17. The molecule has 0 bridgehead atoms. The minimum atomic E-state index is -0.0194. The smallest absolute Gasteiger partial charge is 0.134 e. The summed E-state index contributed by atoms with van der Waals surface area (Å²) in [5.41, 5.74) is 2.73. The van der Waals surface area contributed by atoms with Gasteiger partial charge in [-0.2, -0.15) is 0 Å². The Hall–Kier alpha value is -2.52. The minimum absolute atomic E-state index is 0.0194. The Bertz CT molecular complexity index is 809. The fraction of sp³-hybridized carbons (Fsp3) is 0.158. The SMILES string of the molecule is COc1cc(-c2ccccc2CO)c(OC)c2ccccc12. The zero-order valence-corrected chi connectivity index (χ0v) is 12.7. The lowest BCUT2D eigenvalue weighted by Crippen LogP contribution is -1.96. The van der Waals surface area contributed by atoms with Gasteiger partial charge in [0.15, 0.2) is 0 Å². The quantitative estimate of drug-likeness (QED) is 0.790. The molecule has 0 unspecified atom stereocenters. The van der Waals surface area contributed by atoms with Gasteiger partial charge in [0.05, 0.1) is 20.8 Å². The predicted molar refractivity (Wildman–Crippen MR) is 88.4 cm³/mol. The second-order valence-corrected chi connectivity index (χ2v) is 5.02. The molecule has 0 aliphatic rings. The van der Waals surface area contributed by atoms with Crippen LogP contribution in [-0.4, -0.2) is 19.3 Å². The molecule has 3 rings (SSSR count). The van der Waals surface area contributed by atoms with Crippen LogP contribution in [0.25, 0.3) is 21.9 Å². The molecule has 22 heavy (non-hydrogen) atoms. The third-order valence-corrected chi connectivity index (χ3v) is 3.86. The van der Waals surface area contributed by atoms with Crippen molar-refractivity contribution in [3.8, 4) is 22.6 Å². The fourth-order valence-electron chi connectivity index (χ4n) is 2.83. The molecule has 3 aromatic rings. The summed E-state index contributed by atoms with van der Waals surface area (Å²) < 4.78 is 11.2. The van der Waals surface area contributed by atoms with Crippen LogP contribution in [-0.2, 0) is 6.61 Å². The van der Waals surface area contributed by atoms with Crippen LogP contribution < -0.4 is 9.47 Å². The van der Waals surface area contributed by atoms with Crippen molar-refractivity contribution in [2.24, 2.45) is 0 Å². The number of hydrogen-bond acceptors (Lipinski definition) is 3. The molecule has 112 valence electrons. The van der Waals surface area contributed by atoms with Crippen LogP contribution in [0.5, 0.6) is 11.5 Å². The van der Waals surface area contributed by atoms with Gasteiger partial charge in [-0.15, -0.1) is 0 Å². The Kier molecular flexibility index (Phi) is 3.98. The zero-order chi connectivity index (χ0) is 15.5. The summed E-state index contributed by atoms with van der Waals surface area (Å²) in [7, 11) is 3.33. The summed E-state index contributed by atoms with van der Waals surface area (Å²) >= 11 is 0. The number of ether oxygens (including phenoxy) is 2. The lowest BCUT2D eigenvalue weighted by molar-refractivity contribution is 0.282. The molecule has 0 heterocycles. The van der Waals surface area contributed by atoms with Crippen LogP contribution in [0, 0.1) is 0 Å². The van der Waals surface area contributed by atoms with Gasteiger partial charge < -0.3 is 14.6 Å². The molecular weight excluding hydrogens is 276 g/mol. The highest BCUT2D eigenvalue weighted by Gasteiger charge is 2.16. The average molecular weight is 294 g/mol. The third-order valence-electron chi connectivity index (χ3n) is 3.86. The Morgan fingerprint density at radius 2 is 1.50 bits per heavy atom. The van der Waals surface area contributed by atoms with Crippen molar-refractivity contribution in [3.05, 3.63) is 60.2 Å². The van der Waals surface area contributed by atoms with Crippen LogP contribution in [0.2, 0.25) is 0 Å². The van der Waals surface area contributed by atoms with Gasteiger partial charge in [0.1, 0.15) is 11.5 Å². The van der Waals surface area contributed by atoms with Crippen LogP contribution in [0.3, 0.4) is 0 Å². The first-order chi connectivity index (χ1) is 10.8. The average Bonchev–Trinajstić information content (AvgIpc) is 2.60. The second kappa shape index (κ2) is 6.08. The van der Waals surface area contributed by atoms with E-state index in [9.17, 15) is 5.11 Å². The topological polar surface area (TPSA) is 38.7 Å². The lowest BCUT2D eigenvalue weighted by atomic mass is 9.95. The summed E-state index contributed by atoms with van der Waals surface area (Å²) in [5, 5.41) is 11.6. The van der Waals surface area contributed by atoms with Gasteiger partial charge in [-0.25, -0.2) is 0 Å². The van der Waals surface area contributed by atoms with Crippen molar-refractivity contribution in [2.75, 3.05) is 14.2 Å². The van der Waals surface area contributed by atoms with E-state index in [2.05, 4.69) is 0 Å². The van der Waals surface area contributed by atoms with Crippen molar-refractivity contribution >= 4 is 10.8 Å². The standard InChI is InChI=1S/C19H18O3/c1-21-18-11-17(14-8-4-3-7-13(14)12-20)19(22-2)16-10-6-5-9-15(16)18/h3-11,20H,12H2,1-2H3. The third kappa shape index (κ3) is 2.30. The molecule has 3 aromatic carbocycles. The largest absolute Gasteiger partial charge is 0.496 e. The Morgan fingerprint density at radius 3 is 2.18 bits per heavy atom. The summed E-state index contributed by atoms with van der Waals surface area (Å²) in [6.07, 6.45) is 0. The van der Waals surface area contributed by atoms with Gasteiger partial charge >= 0.3 is 0 Å². The number of methoxy groups -OCH3 is 2. The highest BCUT2D eigenvalue weighted by molar-refractivity contribution is 5.99. The van der Waals surface area contributed by atoms with Crippen molar-refractivity contribution in [3.63, 3.8) is 0 Å². The van der Waals surface area contributed by atoms with Gasteiger partial charge in [-0.05, 0) is 17.2 Å². The van der Waals surface area contributed by atoms with E-state index in [4.69, 9.17) is 9.47 Å². The first-order valence-corrected chi connectivity index (χ1v) is 7.13. The molecule has 0 spiro atoms. The van der Waals surface area contributed by atoms with Gasteiger partial charge in [0.2, 0.25) is 0 Å². The number of hydrogen-bond donors (Lipinski definition) is 1. The molecule has 0 aromatic heterocycles. The van der Waals surface area contributed by atoms with E-state index in [0.717, 1.165) is 39.0 Å². The number of benzene rings is 3. The van der Waals surface area contributed by atoms with E-state index < -0.39 is 0 Å². The van der Waals surface area contributed by atoms with Crippen LogP contribution in [0.1, 0.15) is 5.56 Å². The molecule has 0 fully saturated rings. The molecule has 1 N–H and O–H groups in total. The van der Waals surface area contributed by atoms with Crippen molar-refractivity contribution in [2.45, 2.75) is 6.61 Å². The van der Waals surface area contributed by atoms with Crippen molar-refractivity contribution in [1.82, 2.24) is 0 Å². The minimum Gasteiger partial charge on any atom is -0.496 e. The Morgan fingerprint density at radius 1 is 0.818 bits per heavy atom. The molecule has 0 saturated heterocycles. The fourth-order valence-corrected chi connectivity index (χ4v) is 2.83. The van der Waals surface area contributed by atoms with Gasteiger partial charge in [-0.1, -0.05) is 48.5 Å². The highest BCUT2D eigenvalue weighted by atomic mass is 16.5. The van der Waals surface area contributed by atoms with Gasteiger partial charge in [-0.3, -0.25) is 0 Å². The molecule has 0 aliphatic carbocycles. The maximum absolute atomic E-state index is 9.61. The van der Waals surface area contributed by atoms with E-state index in [-0.39, 0.29) is 6.61 Å². The van der Waals surface area contributed by atoms with Crippen LogP contribution in [0.4, 0.5) is 0 Å². The maximum Gasteiger partial charge on any atom is 0.134 e. The molecule has 0 radical (unpaired) electrons. The second-order valence-electron chi connectivity index (χ2n) is 5.02. The van der Waals surface area contributed by atoms with E-state index >= 15 is 0 Å². The van der Waals surface area contributed by atoms with Crippen molar-refractivity contribution < 1.29 is 14.6 Å². The normalized spacial score (nSPS) is 10.7. The number of fused-ring (bicyclic) bond motifs is 1. The number of aliphatic hydroxyl groups excluding tert-OH is 1. The predicted octanol–water partition coefficient (Wildman–Crippen LogP) is 4.02. The number of aliphatic hydroxyl groups is 1. The summed E-state index contributed by atoms with van der Waals surface area (Å²) in [4.78, 5) is 0. The van der Waals surface area contributed by atoms with Gasteiger partial charge in [0.25, 0.3) is 0 Å². The maximum atomic E-state index is 9.61. The van der Waals surface area contributed by atoms with E-state index in [1.807, 2.05) is 54.6 Å². The van der Waals surface area contributed by atoms with Crippen molar-refractivity contribution in [1.29, 1.82) is 0 Å². The molecule has 0 saturated carbocycles. The molecule has 0 atom stereocenters. The highest BCUT2D eigenvalue weighted by Crippen LogP contribution is 2.42. The van der Waals surface area contributed by atoms with E-state index in [0.29, 0.717) is 0 Å². The van der Waals surface area contributed by atoms with Crippen LogP contribution in [0.15, 0.2) is 54.6 Å². The summed E-state index contributed by atoms with van der Waals surface area (Å²) in [6.45, 7) is -0.0194.